The first-order chi connectivity index (χ1) is 13.9. The van der Waals surface area contributed by atoms with Crippen molar-refractivity contribution in [3.8, 4) is 6.07 Å². The Kier molecular flexibility index (Phi) is 4.84. The second-order valence-corrected chi connectivity index (χ2v) is 8.30. The zero-order valence-corrected chi connectivity index (χ0v) is 16.6. The average molecular weight is 412 g/mol. The fraction of sp³-hybridized carbons (Fsp3) is 0.421. The average Bonchev–Trinajstić information content (AvgIpc) is 3.12. The molecule has 1 saturated heterocycles. The molecule has 1 fully saturated rings. The molecule has 2 aromatic rings. The highest BCUT2D eigenvalue weighted by Crippen LogP contribution is 2.41. The number of thiophene rings is 1. The molecule has 2 aliphatic heterocycles. The highest BCUT2D eigenvalue weighted by atomic mass is 32.1. The smallest absolute Gasteiger partial charge is 0.258 e. The summed E-state index contributed by atoms with van der Waals surface area (Å²) in [6.45, 7) is 2.94. The maximum Gasteiger partial charge on any atom is 0.258 e. The normalized spacial score (nSPS) is 21.9. The number of hydrogen-bond acceptors (Lipinski definition) is 7. The summed E-state index contributed by atoms with van der Waals surface area (Å²) >= 11 is 1.42. The van der Waals surface area contributed by atoms with E-state index in [4.69, 9.17) is 5.73 Å². The van der Waals surface area contributed by atoms with Crippen molar-refractivity contribution in [2.45, 2.75) is 25.7 Å². The van der Waals surface area contributed by atoms with Gasteiger partial charge in [-0.2, -0.15) is 10.2 Å². The van der Waals surface area contributed by atoms with Crippen molar-refractivity contribution in [3.63, 3.8) is 0 Å². The number of nitrogens with zero attached hydrogens (tertiary/aromatic N) is 3. The van der Waals surface area contributed by atoms with Gasteiger partial charge in [-0.05, 0) is 36.8 Å². The number of nitrogens with two attached hydrogens (primary N) is 1. The Bertz CT molecular complexity index is 1080. The van der Waals surface area contributed by atoms with Gasteiger partial charge in [0.1, 0.15) is 11.7 Å². The molecule has 2 aromatic heterocycles. The van der Waals surface area contributed by atoms with Crippen LogP contribution in [0.4, 0.5) is 11.8 Å². The number of aryl methyl sites for hydroxylation is 1. The number of H-pyrrole nitrogens is 1. The number of amides is 2. The summed E-state index contributed by atoms with van der Waals surface area (Å²) in [4.78, 5) is 47.0. The zero-order chi connectivity index (χ0) is 20.7. The highest BCUT2D eigenvalue weighted by Gasteiger charge is 2.41. The van der Waals surface area contributed by atoms with E-state index in [0.717, 1.165) is 10.4 Å². The summed E-state index contributed by atoms with van der Waals surface area (Å²) in [6, 6.07) is 3.94. The molecule has 4 rings (SSSR count). The Morgan fingerprint density at radius 1 is 1.38 bits per heavy atom. The number of rotatable bonds is 3. The molecule has 0 radical (unpaired) electrons. The second kappa shape index (κ2) is 7.33. The van der Waals surface area contributed by atoms with Crippen LogP contribution in [0, 0.1) is 30.1 Å². The van der Waals surface area contributed by atoms with Crippen molar-refractivity contribution in [1.29, 1.82) is 5.26 Å². The molecule has 0 aromatic carbocycles. The number of aromatic nitrogens is 2. The van der Waals surface area contributed by atoms with Gasteiger partial charge in [0.25, 0.3) is 5.56 Å². The van der Waals surface area contributed by atoms with Crippen molar-refractivity contribution in [2.75, 3.05) is 23.3 Å². The van der Waals surface area contributed by atoms with Crippen LogP contribution in [0.5, 0.6) is 0 Å². The molecule has 10 heteroatoms. The van der Waals surface area contributed by atoms with Crippen LogP contribution >= 0.6 is 11.3 Å². The molecular weight excluding hydrogens is 392 g/mol. The molecule has 4 N–H and O–H groups in total. The Labute approximate surface area is 170 Å². The molecule has 29 heavy (non-hydrogen) atoms. The number of nitriles is 1. The van der Waals surface area contributed by atoms with Gasteiger partial charge >= 0.3 is 0 Å². The van der Waals surface area contributed by atoms with E-state index in [1.165, 1.54) is 11.3 Å². The minimum absolute atomic E-state index is 0.183. The van der Waals surface area contributed by atoms with Crippen LogP contribution in [-0.4, -0.2) is 34.9 Å². The first-order valence-corrected chi connectivity index (χ1v) is 10.2. The van der Waals surface area contributed by atoms with E-state index in [9.17, 15) is 19.6 Å². The Hall–Kier alpha value is -3.19. The first kappa shape index (κ1) is 19.1. The third kappa shape index (κ3) is 3.27. The van der Waals surface area contributed by atoms with Gasteiger partial charge in [-0.25, -0.2) is 0 Å². The van der Waals surface area contributed by atoms with Gasteiger partial charge in [0.05, 0.1) is 17.6 Å². The number of nitrogens with one attached hydrogen (secondary N) is 2. The molecule has 0 spiro atoms. The fourth-order valence-corrected chi connectivity index (χ4v) is 5.08. The monoisotopic (exact) mass is 412 g/mol. The number of hydrogen-bond donors (Lipinski definition) is 3. The lowest BCUT2D eigenvalue weighted by atomic mass is 9.82. The zero-order valence-electron chi connectivity index (χ0n) is 15.8. The highest BCUT2D eigenvalue weighted by molar-refractivity contribution is 7.10. The van der Waals surface area contributed by atoms with Crippen molar-refractivity contribution in [2.24, 2.45) is 17.6 Å². The Balaban J connectivity index is 1.74. The van der Waals surface area contributed by atoms with Crippen LogP contribution in [0.25, 0.3) is 0 Å². The first-order valence-electron chi connectivity index (χ1n) is 9.33. The maximum absolute atomic E-state index is 13.0. The fourth-order valence-electron chi connectivity index (χ4n) is 4.01. The molecule has 0 aliphatic carbocycles. The Morgan fingerprint density at radius 3 is 2.69 bits per heavy atom. The molecule has 150 valence electrons. The van der Waals surface area contributed by atoms with Crippen LogP contribution < -0.4 is 21.5 Å². The van der Waals surface area contributed by atoms with E-state index in [1.54, 1.807) is 0 Å². The minimum Gasteiger partial charge on any atom is -0.369 e. The van der Waals surface area contributed by atoms with Crippen LogP contribution in [0.15, 0.2) is 16.2 Å². The number of aromatic amines is 1. The molecule has 0 saturated carbocycles. The van der Waals surface area contributed by atoms with Crippen molar-refractivity contribution >= 4 is 34.9 Å². The minimum atomic E-state index is -1.00. The Morgan fingerprint density at radius 2 is 2.10 bits per heavy atom. The summed E-state index contributed by atoms with van der Waals surface area (Å²) in [5.74, 6) is -2.09. The van der Waals surface area contributed by atoms with Crippen LogP contribution in [-0.2, 0) is 9.59 Å². The number of carbonyl (C=O) groups is 2. The topological polar surface area (TPSA) is 145 Å². The number of carbonyl (C=O) groups excluding carboxylic acids is 2. The molecular formula is C19H20N6O3S. The van der Waals surface area contributed by atoms with Crippen LogP contribution in [0.3, 0.4) is 0 Å². The number of fused-ring (bicyclic) bond motifs is 1. The number of primary amides is 1. The van der Waals surface area contributed by atoms with Gasteiger partial charge in [-0.1, -0.05) is 0 Å². The quantitative estimate of drug-likeness (QED) is 0.687. The molecule has 9 nitrogen and oxygen atoms in total. The van der Waals surface area contributed by atoms with Crippen molar-refractivity contribution in [3.05, 3.63) is 37.8 Å². The summed E-state index contributed by atoms with van der Waals surface area (Å²) in [5, 5.41) is 14.1. The van der Waals surface area contributed by atoms with E-state index in [0.29, 0.717) is 37.4 Å². The van der Waals surface area contributed by atoms with Gasteiger partial charge < -0.3 is 16.0 Å². The molecule has 4 heterocycles. The SMILES string of the molecule is Cc1ccsc1C1c2c(nc(N3CCC(C(N)=O)CC3)[nH]c2=O)NC(=O)C1C#N. The van der Waals surface area contributed by atoms with Gasteiger partial charge in [0.2, 0.25) is 17.8 Å². The van der Waals surface area contributed by atoms with E-state index in [2.05, 4.69) is 15.3 Å². The lowest BCUT2D eigenvalue weighted by Crippen LogP contribution is -2.42. The predicted molar refractivity (Wildman–Crippen MR) is 108 cm³/mol. The molecule has 2 atom stereocenters. The third-order valence-electron chi connectivity index (χ3n) is 5.63. The predicted octanol–water partition coefficient (Wildman–Crippen LogP) is 1.07. The van der Waals surface area contributed by atoms with E-state index >= 15 is 0 Å². The van der Waals surface area contributed by atoms with E-state index in [-0.39, 0.29) is 23.2 Å². The van der Waals surface area contributed by atoms with Gasteiger partial charge in [-0.15, -0.1) is 11.3 Å². The largest absolute Gasteiger partial charge is 0.369 e. The standard InChI is InChI=1S/C19H20N6O3S/c1-9-4-7-29-14(9)12-11(8-20)17(27)22-16-13(12)18(28)24-19(23-16)25-5-2-10(3-6-25)15(21)26/h4,7,10-12H,2-3,5-6H2,1H3,(H2,21,26)(H2,22,23,24,27,28). The van der Waals surface area contributed by atoms with Crippen LogP contribution in [0.1, 0.15) is 34.8 Å². The summed E-state index contributed by atoms with van der Waals surface area (Å²) < 4.78 is 0. The maximum atomic E-state index is 13.0. The third-order valence-corrected chi connectivity index (χ3v) is 6.73. The summed E-state index contributed by atoms with van der Waals surface area (Å²) in [5.41, 5.74) is 6.23. The van der Waals surface area contributed by atoms with Crippen molar-refractivity contribution in [1.82, 2.24) is 9.97 Å². The van der Waals surface area contributed by atoms with Gasteiger partial charge in [-0.3, -0.25) is 19.4 Å². The number of piperidine rings is 1. The van der Waals surface area contributed by atoms with Crippen molar-refractivity contribution < 1.29 is 9.59 Å². The lowest BCUT2D eigenvalue weighted by Gasteiger charge is -2.32. The summed E-state index contributed by atoms with van der Waals surface area (Å²) in [6.07, 6.45) is 1.16. The van der Waals surface area contributed by atoms with Crippen LogP contribution in [0.2, 0.25) is 0 Å². The van der Waals surface area contributed by atoms with Gasteiger partial charge in [0.15, 0.2) is 0 Å². The van der Waals surface area contributed by atoms with E-state index < -0.39 is 17.7 Å². The summed E-state index contributed by atoms with van der Waals surface area (Å²) in [7, 11) is 0. The second-order valence-electron chi connectivity index (χ2n) is 7.36. The number of anilines is 2. The molecule has 2 aliphatic rings. The van der Waals surface area contributed by atoms with E-state index in [1.807, 2.05) is 29.3 Å². The molecule has 2 unspecified atom stereocenters. The lowest BCUT2D eigenvalue weighted by molar-refractivity contribution is -0.122. The van der Waals surface area contributed by atoms with Gasteiger partial charge in [0, 0.05) is 23.9 Å². The molecule has 2 amide bonds. The molecule has 0 bridgehead atoms.